The molecule has 2 unspecified atom stereocenters. The van der Waals surface area contributed by atoms with Gasteiger partial charge in [-0.25, -0.2) is 0 Å². The Morgan fingerprint density at radius 1 is 0.864 bits per heavy atom. The van der Waals surface area contributed by atoms with Gasteiger partial charge in [-0.1, -0.05) is 24.3 Å². The molecule has 0 heterocycles. The lowest BCUT2D eigenvalue weighted by Gasteiger charge is -2.15. The molecule has 1 aromatic rings. The number of ether oxygens (including phenoxy) is 2. The summed E-state index contributed by atoms with van der Waals surface area (Å²) in [4.78, 5) is 0. The number of methoxy groups -OCH3 is 2. The molecule has 126 valence electrons. The standard InChI is InChI=1S/C16H28N2O4/c1-21-11-15(19)9-17-7-13-5-3-4-6-14(13)8-18-10-16(20)12-22-2/h3-6,15-20H,7-12H2,1-2H3. The molecule has 2 atom stereocenters. The monoisotopic (exact) mass is 312 g/mol. The average Bonchev–Trinajstić information content (AvgIpc) is 2.49. The van der Waals surface area contributed by atoms with E-state index >= 15 is 0 Å². The van der Waals surface area contributed by atoms with Crippen LogP contribution in [-0.4, -0.2) is 62.9 Å². The van der Waals surface area contributed by atoms with E-state index in [4.69, 9.17) is 9.47 Å². The van der Waals surface area contributed by atoms with Gasteiger partial charge in [-0.05, 0) is 11.1 Å². The van der Waals surface area contributed by atoms with Crippen LogP contribution < -0.4 is 10.6 Å². The van der Waals surface area contributed by atoms with E-state index in [1.165, 1.54) is 11.1 Å². The highest BCUT2D eigenvalue weighted by Gasteiger charge is 2.06. The second kappa shape index (κ2) is 11.5. The number of benzene rings is 1. The molecule has 0 aromatic heterocycles. The van der Waals surface area contributed by atoms with E-state index in [9.17, 15) is 10.2 Å². The minimum atomic E-state index is -0.500. The van der Waals surface area contributed by atoms with Gasteiger partial charge < -0.3 is 30.3 Å². The molecule has 0 saturated heterocycles. The Kier molecular flexibility index (Phi) is 9.98. The molecule has 0 bridgehead atoms. The van der Waals surface area contributed by atoms with E-state index in [1.54, 1.807) is 14.2 Å². The van der Waals surface area contributed by atoms with Gasteiger partial charge in [-0.2, -0.15) is 0 Å². The number of nitrogens with one attached hydrogen (secondary N) is 2. The van der Waals surface area contributed by atoms with Crippen LogP contribution in [0, 0.1) is 0 Å². The summed E-state index contributed by atoms with van der Waals surface area (Å²) in [6.07, 6.45) is -1.00. The fourth-order valence-corrected chi connectivity index (χ4v) is 2.15. The van der Waals surface area contributed by atoms with Crippen molar-refractivity contribution in [3.63, 3.8) is 0 Å². The Labute approximate surface area is 132 Å². The zero-order valence-electron chi connectivity index (χ0n) is 13.4. The van der Waals surface area contributed by atoms with Crippen molar-refractivity contribution in [1.29, 1.82) is 0 Å². The van der Waals surface area contributed by atoms with Gasteiger partial charge >= 0.3 is 0 Å². The molecule has 1 rings (SSSR count). The van der Waals surface area contributed by atoms with Crippen LogP contribution >= 0.6 is 0 Å². The van der Waals surface area contributed by atoms with Crippen molar-refractivity contribution in [3.05, 3.63) is 35.4 Å². The van der Waals surface area contributed by atoms with Crippen molar-refractivity contribution in [2.24, 2.45) is 0 Å². The first kappa shape index (κ1) is 19.0. The third kappa shape index (κ3) is 7.84. The topological polar surface area (TPSA) is 83.0 Å². The highest BCUT2D eigenvalue weighted by molar-refractivity contribution is 5.26. The first-order chi connectivity index (χ1) is 10.7. The van der Waals surface area contributed by atoms with Gasteiger partial charge in [0.2, 0.25) is 0 Å². The lowest BCUT2D eigenvalue weighted by Crippen LogP contribution is -2.31. The molecule has 4 N–H and O–H groups in total. The summed E-state index contributed by atoms with van der Waals surface area (Å²) in [5.41, 5.74) is 2.33. The van der Waals surface area contributed by atoms with E-state index in [0.717, 1.165) is 0 Å². The van der Waals surface area contributed by atoms with E-state index in [-0.39, 0.29) is 0 Å². The summed E-state index contributed by atoms with van der Waals surface area (Å²) in [6.45, 7) is 2.99. The summed E-state index contributed by atoms with van der Waals surface area (Å²) in [5, 5.41) is 25.7. The smallest absolute Gasteiger partial charge is 0.0897 e. The Morgan fingerprint density at radius 3 is 1.64 bits per heavy atom. The molecule has 22 heavy (non-hydrogen) atoms. The summed E-state index contributed by atoms with van der Waals surface area (Å²) in [7, 11) is 3.14. The second-order valence-corrected chi connectivity index (χ2v) is 5.25. The van der Waals surface area contributed by atoms with Gasteiger partial charge in [0.25, 0.3) is 0 Å². The van der Waals surface area contributed by atoms with Crippen LogP contribution in [0.15, 0.2) is 24.3 Å². The molecule has 0 aliphatic heterocycles. The minimum absolute atomic E-state index is 0.327. The van der Waals surface area contributed by atoms with E-state index in [1.807, 2.05) is 12.1 Å². The Morgan fingerprint density at radius 2 is 1.27 bits per heavy atom. The van der Waals surface area contributed by atoms with Gasteiger partial charge in [-0.3, -0.25) is 0 Å². The van der Waals surface area contributed by atoms with Crippen molar-refractivity contribution < 1.29 is 19.7 Å². The SMILES string of the molecule is COCC(O)CNCc1ccccc1CNCC(O)COC. The summed E-state index contributed by atoms with van der Waals surface area (Å²) >= 11 is 0. The van der Waals surface area contributed by atoms with Crippen molar-refractivity contribution in [1.82, 2.24) is 10.6 Å². The first-order valence-electron chi connectivity index (χ1n) is 7.49. The predicted octanol–water partition coefficient (Wildman–Crippen LogP) is -0.120. The van der Waals surface area contributed by atoms with Gasteiger partial charge in [0.1, 0.15) is 0 Å². The first-order valence-corrected chi connectivity index (χ1v) is 7.49. The molecule has 0 radical (unpaired) electrons. The summed E-state index contributed by atoms with van der Waals surface area (Å²) < 4.78 is 9.78. The van der Waals surface area contributed by atoms with Crippen LogP contribution in [0.3, 0.4) is 0 Å². The number of aliphatic hydroxyl groups is 2. The molecular weight excluding hydrogens is 284 g/mol. The van der Waals surface area contributed by atoms with E-state index < -0.39 is 12.2 Å². The fraction of sp³-hybridized carbons (Fsp3) is 0.625. The summed E-state index contributed by atoms with van der Waals surface area (Å²) in [6, 6.07) is 8.09. The van der Waals surface area contributed by atoms with Crippen LogP contribution in [-0.2, 0) is 22.6 Å². The van der Waals surface area contributed by atoms with Gasteiger partial charge in [0.15, 0.2) is 0 Å². The molecule has 1 aromatic carbocycles. The van der Waals surface area contributed by atoms with Gasteiger partial charge in [0.05, 0.1) is 25.4 Å². The highest BCUT2D eigenvalue weighted by Crippen LogP contribution is 2.08. The lowest BCUT2D eigenvalue weighted by molar-refractivity contribution is 0.0640. The molecule has 0 saturated carbocycles. The molecule has 0 fully saturated rings. The second-order valence-electron chi connectivity index (χ2n) is 5.25. The largest absolute Gasteiger partial charge is 0.389 e. The maximum absolute atomic E-state index is 9.61. The van der Waals surface area contributed by atoms with Gasteiger partial charge in [-0.15, -0.1) is 0 Å². The van der Waals surface area contributed by atoms with Crippen molar-refractivity contribution in [3.8, 4) is 0 Å². The molecule has 0 aliphatic carbocycles. The number of hydrogen-bond acceptors (Lipinski definition) is 6. The van der Waals surface area contributed by atoms with Crippen molar-refractivity contribution in [2.45, 2.75) is 25.3 Å². The van der Waals surface area contributed by atoms with Crippen LogP contribution in [0.1, 0.15) is 11.1 Å². The average molecular weight is 312 g/mol. The van der Waals surface area contributed by atoms with E-state index in [0.29, 0.717) is 39.4 Å². The number of hydrogen-bond donors (Lipinski definition) is 4. The molecule has 6 nitrogen and oxygen atoms in total. The van der Waals surface area contributed by atoms with Crippen molar-refractivity contribution in [2.75, 3.05) is 40.5 Å². The van der Waals surface area contributed by atoms with Crippen LogP contribution in [0.25, 0.3) is 0 Å². The highest BCUT2D eigenvalue weighted by atomic mass is 16.5. The molecule has 6 heteroatoms. The molecule has 0 amide bonds. The lowest BCUT2D eigenvalue weighted by atomic mass is 10.1. The van der Waals surface area contributed by atoms with E-state index in [2.05, 4.69) is 22.8 Å². The maximum atomic E-state index is 9.61. The third-order valence-electron chi connectivity index (χ3n) is 3.23. The Bertz CT molecular complexity index is 366. The number of aliphatic hydroxyl groups excluding tert-OH is 2. The van der Waals surface area contributed by atoms with Crippen LogP contribution in [0.2, 0.25) is 0 Å². The Balaban J connectivity index is 2.38. The number of rotatable bonds is 12. The quantitative estimate of drug-likeness (QED) is 0.431. The third-order valence-corrected chi connectivity index (χ3v) is 3.23. The Hall–Kier alpha value is -1.02. The molecule has 0 aliphatic rings. The molecule has 0 spiro atoms. The van der Waals surface area contributed by atoms with Crippen LogP contribution in [0.4, 0.5) is 0 Å². The van der Waals surface area contributed by atoms with Crippen LogP contribution in [0.5, 0.6) is 0 Å². The fourth-order valence-electron chi connectivity index (χ4n) is 2.15. The molecular formula is C16H28N2O4. The zero-order valence-corrected chi connectivity index (χ0v) is 13.4. The zero-order chi connectivity index (χ0) is 16.2. The predicted molar refractivity (Wildman–Crippen MR) is 85.6 cm³/mol. The van der Waals surface area contributed by atoms with Gasteiger partial charge in [0, 0.05) is 40.4 Å². The normalized spacial score (nSPS) is 14.0. The maximum Gasteiger partial charge on any atom is 0.0897 e. The minimum Gasteiger partial charge on any atom is -0.389 e. The van der Waals surface area contributed by atoms with Crippen molar-refractivity contribution >= 4 is 0 Å². The summed E-state index contributed by atoms with van der Waals surface area (Å²) in [5.74, 6) is 0.